The molecule has 0 spiro atoms. The molecule has 0 saturated carbocycles. The van der Waals surface area contributed by atoms with Gasteiger partial charge >= 0.3 is 0 Å². The van der Waals surface area contributed by atoms with Crippen LogP contribution in [0.5, 0.6) is 0 Å². The number of sulfonamides is 1. The van der Waals surface area contributed by atoms with Gasteiger partial charge in [0, 0.05) is 6.54 Å². The minimum Gasteiger partial charge on any atom is -0.350 e. The molecule has 6 heteroatoms. The number of carbonyl (C=O) groups excluding carboxylic acids is 1. The first-order valence-corrected chi connectivity index (χ1v) is 9.93. The van der Waals surface area contributed by atoms with Gasteiger partial charge in [0.1, 0.15) is 6.04 Å². The topological polar surface area (TPSA) is 66.5 Å². The molecular formula is C19H24N2O3S. The fourth-order valence-corrected chi connectivity index (χ4v) is 3.77. The maximum atomic E-state index is 12.5. The largest absolute Gasteiger partial charge is 0.350 e. The van der Waals surface area contributed by atoms with Gasteiger partial charge < -0.3 is 5.32 Å². The van der Waals surface area contributed by atoms with Crippen LogP contribution in [-0.4, -0.2) is 26.6 Å². The van der Waals surface area contributed by atoms with E-state index >= 15 is 0 Å². The second kappa shape index (κ2) is 7.70. The van der Waals surface area contributed by atoms with E-state index in [9.17, 15) is 13.2 Å². The Kier molecular flexibility index (Phi) is 5.85. The van der Waals surface area contributed by atoms with Crippen LogP contribution < -0.4 is 9.62 Å². The predicted molar refractivity (Wildman–Crippen MR) is 101 cm³/mol. The van der Waals surface area contributed by atoms with Gasteiger partial charge in [0.15, 0.2) is 0 Å². The average Bonchev–Trinajstić information content (AvgIpc) is 2.55. The van der Waals surface area contributed by atoms with Crippen LogP contribution in [0.1, 0.15) is 23.6 Å². The first-order chi connectivity index (χ1) is 11.7. The molecule has 5 nitrogen and oxygen atoms in total. The summed E-state index contributed by atoms with van der Waals surface area (Å²) in [7, 11) is -3.60. The maximum Gasteiger partial charge on any atom is 0.243 e. The van der Waals surface area contributed by atoms with Crippen LogP contribution in [-0.2, 0) is 21.4 Å². The molecule has 1 amide bonds. The van der Waals surface area contributed by atoms with E-state index in [0.29, 0.717) is 12.2 Å². The first kappa shape index (κ1) is 19.0. The molecule has 2 rings (SSSR count). The minimum atomic E-state index is -3.60. The van der Waals surface area contributed by atoms with Gasteiger partial charge in [-0.2, -0.15) is 0 Å². The van der Waals surface area contributed by atoms with Crippen molar-refractivity contribution in [2.24, 2.45) is 0 Å². The molecule has 0 radical (unpaired) electrons. The smallest absolute Gasteiger partial charge is 0.243 e. The number of hydrogen-bond donors (Lipinski definition) is 1. The number of amides is 1. The van der Waals surface area contributed by atoms with Crippen molar-refractivity contribution in [2.75, 3.05) is 10.6 Å². The second-order valence-corrected chi connectivity index (χ2v) is 8.07. The summed E-state index contributed by atoms with van der Waals surface area (Å²) in [6.45, 7) is 5.82. The lowest BCUT2D eigenvalue weighted by Gasteiger charge is -2.28. The van der Waals surface area contributed by atoms with Gasteiger partial charge in [-0.05, 0) is 49.6 Å². The van der Waals surface area contributed by atoms with Crippen molar-refractivity contribution in [3.8, 4) is 0 Å². The lowest BCUT2D eigenvalue weighted by atomic mass is 10.1. The van der Waals surface area contributed by atoms with Crippen LogP contribution >= 0.6 is 0 Å². The predicted octanol–water partition coefficient (Wildman–Crippen LogP) is 2.77. The second-order valence-electron chi connectivity index (χ2n) is 6.21. The Morgan fingerprint density at radius 3 is 2.28 bits per heavy atom. The van der Waals surface area contributed by atoms with Crippen molar-refractivity contribution in [1.29, 1.82) is 0 Å². The summed E-state index contributed by atoms with van der Waals surface area (Å²) < 4.78 is 25.8. The monoisotopic (exact) mass is 360 g/mol. The summed E-state index contributed by atoms with van der Waals surface area (Å²) in [5.41, 5.74) is 3.49. The number of rotatable bonds is 6. The SMILES string of the molecule is Cc1ccc(N(C(C)C(=O)NCc2ccccc2)S(C)(=O)=O)cc1C. The van der Waals surface area contributed by atoms with Gasteiger partial charge in [-0.15, -0.1) is 0 Å². The third kappa shape index (κ3) is 4.82. The number of hydrogen-bond acceptors (Lipinski definition) is 3. The minimum absolute atomic E-state index is 0.340. The van der Waals surface area contributed by atoms with Crippen LogP contribution in [0, 0.1) is 13.8 Å². The quantitative estimate of drug-likeness (QED) is 0.861. The Morgan fingerprint density at radius 2 is 1.72 bits per heavy atom. The summed E-state index contributed by atoms with van der Waals surface area (Å²) >= 11 is 0. The zero-order valence-corrected chi connectivity index (χ0v) is 15.8. The Labute approximate surface area is 149 Å². The highest BCUT2D eigenvalue weighted by molar-refractivity contribution is 7.92. The highest BCUT2D eigenvalue weighted by Crippen LogP contribution is 2.23. The van der Waals surface area contributed by atoms with E-state index in [-0.39, 0.29) is 5.91 Å². The summed E-state index contributed by atoms with van der Waals surface area (Å²) in [5.74, 6) is -0.340. The number of anilines is 1. The summed E-state index contributed by atoms with van der Waals surface area (Å²) in [6, 6.07) is 14.0. The van der Waals surface area contributed by atoms with Crippen LogP contribution in [0.3, 0.4) is 0 Å². The molecule has 0 saturated heterocycles. The van der Waals surface area contributed by atoms with Crippen LogP contribution in [0.2, 0.25) is 0 Å². The molecule has 2 aromatic carbocycles. The summed E-state index contributed by atoms with van der Waals surface area (Å²) in [6.07, 6.45) is 1.11. The molecule has 1 unspecified atom stereocenters. The molecule has 0 aliphatic heterocycles. The van der Waals surface area contributed by atoms with Crippen molar-refractivity contribution >= 4 is 21.6 Å². The Balaban J connectivity index is 2.22. The van der Waals surface area contributed by atoms with Crippen LogP contribution in [0.25, 0.3) is 0 Å². The van der Waals surface area contributed by atoms with E-state index in [0.717, 1.165) is 22.9 Å². The number of aryl methyl sites for hydroxylation is 2. The van der Waals surface area contributed by atoms with E-state index in [4.69, 9.17) is 0 Å². The molecule has 0 heterocycles. The number of nitrogens with one attached hydrogen (secondary N) is 1. The van der Waals surface area contributed by atoms with Crippen molar-refractivity contribution < 1.29 is 13.2 Å². The van der Waals surface area contributed by atoms with Gasteiger partial charge in [-0.25, -0.2) is 8.42 Å². The Hall–Kier alpha value is -2.34. The molecule has 0 aliphatic rings. The Morgan fingerprint density at radius 1 is 1.08 bits per heavy atom. The van der Waals surface area contributed by atoms with Crippen molar-refractivity contribution in [1.82, 2.24) is 5.32 Å². The average molecular weight is 360 g/mol. The van der Waals surface area contributed by atoms with Crippen LogP contribution in [0.4, 0.5) is 5.69 Å². The molecule has 0 fully saturated rings. The standard InChI is InChI=1S/C19H24N2O3S/c1-14-10-11-18(12-15(14)2)21(25(4,23)24)16(3)19(22)20-13-17-8-6-5-7-9-17/h5-12,16H,13H2,1-4H3,(H,20,22). The third-order valence-corrected chi connectivity index (χ3v) is 5.38. The van der Waals surface area contributed by atoms with Crippen molar-refractivity contribution in [3.05, 3.63) is 65.2 Å². The normalized spacial score (nSPS) is 12.5. The summed E-state index contributed by atoms with van der Waals surface area (Å²) in [4.78, 5) is 12.5. The maximum absolute atomic E-state index is 12.5. The van der Waals surface area contributed by atoms with Crippen molar-refractivity contribution in [2.45, 2.75) is 33.4 Å². The van der Waals surface area contributed by atoms with E-state index in [2.05, 4.69) is 5.32 Å². The molecule has 25 heavy (non-hydrogen) atoms. The van der Waals surface area contributed by atoms with Gasteiger partial charge in [0.2, 0.25) is 15.9 Å². The fraction of sp³-hybridized carbons (Fsp3) is 0.316. The van der Waals surface area contributed by atoms with Gasteiger partial charge in [0.25, 0.3) is 0 Å². The lowest BCUT2D eigenvalue weighted by molar-refractivity contribution is -0.122. The number of carbonyl (C=O) groups is 1. The molecule has 0 aromatic heterocycles. The Bertz CT molecular complexity index is 848. The molecular weight excluding hydrogens is 336 g/mol. The molecule has 1 atom stereocenters. The van der Waals surface area contributed by atoms with E-state index < -0.39 is 16.1 Å². The molecule has 0 aliphatic carbocycles. The third-order valence-electron chi connectivity index (χ3n) is 4.14. The number of benzene rings is 2. The van der Waals surface area contributed by atoms with E-state index in [1.165, 1.54) is 4.31 Å². The summed E-state index contributed by atoms with van der Waals surface area (Å²) in [5, 5.41) is 2.80. The fourth-order valence-electron chi connectivity index (χ4n) is 2.60. The van der Waals surface area contributed by atoms with Gasteiger partial charge in [-0.1, -0.05) is 36.4 Å². The number of nitrogens with zero attached hydrogens (tertiary/aromatic N) is 1. The molecule has 1 N–H and O–H groups in total. The van der Waals surface area contributed by atoms with Gasteiger partial charge in [0.05, 0.1) is 11.9 Å². The highest BCUT2D eigenvalue weighted by Gasteiger charge is 2.29. The lowest BCUT2D eigenvalue weighted by Crippen LogP contribution is -2.47. The zero-order valence-electron chi connectivity index (χ0n) is 15.0. The van der Waals surface area contributed by atoms with E-state index in [1.54, 1.807) is 19.1 Å². The van der Waals surface area contributed by atoms with Gasteiger partial charge in [-0.3, -0.25) is 9.10 Å². The van der Waals surface area contributed by atoms with E-state index in [1.807, 2.05) is 50.2 Å². The molecule has 2 aromatic rings. The zero-order chi connectivity index (χ0) is 18.6. The highest BCUT2D eigenvalue weighted by atomic mass is 32.2. The molecule has 134 valence electrons. The van der Waals surface area contributed by atoms with Crippen LogP contribution in [0.15, 0.2) is 48.5 Å². The first-order valence-electron chi connectivity index (χ1n) is 8.08. The molecule has 0 bridgehead atoms. The van der Waals surface area contributed by atoms with Crippen molar-refractivity contribution in [3.63, 3.8) is 0 Å².